The van der Waals surface area contributed by atoms with Crippen molar-refractivity contribution in [1.29, 1.82) is 0 Å². The SMILES string of the molecule is Cc1c[n+](C)c(-c2cccc(-c3ccccc3C)c2C)cc1CC(C)(C)C.Cc1ccccc1-c1cccc(-c2cc(-c3ccccc3)cc[n+]2C)c1C.Cc1ccccc1-c1cccc(-c2cc(C(C)C)c(C)c[n+]2C)c1C.Cc1ccccc1-c1cccc(-c2cc(C3CCCCC3)cc[n+]2C)c1C.Cc1ccccc1-c1cccc(-c2cc(CC(C)(C)C)cc[n+]2C)c1C. The molecule has 1 aliphatic rings. The van der Waals surface area contributed by atoms with Gasteiger partial charge in [-0.1, -0.05) is 287 Å². The van der Waals surface area contributed by atoms with Crippen molar-refractivity contribution in [2.75, 3.05) is 0 Å². The van der Waals surface area contributed by atoms with E-state index in [1.165, 1.54) is 244 Å². The topological polar surface area (TPSA) is 19.4 Å². The van der Waals surface area contributed by atoms with Gasteiger partial charge in [-0.3, -0.25) is 0 Å². The fourth-order valence-electron chi connectivity index (χ4n) is 19.7. The van der Waals surface area contributed by atoms with E-state index in [-0.39, 0.29) is 10.8 Å². The quantitative estimate of drug-likeness (QED) is 0.0912. The number of nitrogens with zero attached hydrogens (tertiary/aromatic N) is 5. The number of hydrogen-bond acceptors (Lipinski definition) is 0. The third-order valence-corrected chi connectivity index (χ3v) is 27.1. The molecule has 1 aliphatic carbocycles. The molecule has 0 atom stereocenters. The summed E-state index contributed by atoms with van der Waals surface area (Å²) in [7, 11) is 10.7. The summed E-state index contributed by atoms with van der Waals surface area (Å²) in [6, 6.07) is 106. The molecule has 17 rings (SSSR count). The predicted molar refractivity (Wildman–Crippen MR) is 561 cm³/mol. The maximum atomic E-state index is 2.44. The summed E-state index contributed by atoms with van der Waals surface area (Å²) in [5.74, 6) is 1.26. The Morgan fingerprint density at radius 3 is 0.924 bits per heavy atom. The number of hydrogen-bond donors (Lipinski definition) is 0. The molecule has 0 unspecified atom stereocenters. The highest BCUT2D eigenvalue weighted by atomic mass is 14.9. The third kappa shape index (κ3) is 23.2. The van der Waals surface area contributed by atoms with Gasteiger partial charge >= 0.3 is 0 Å². The minimum Gasteiger partial charge on any atom is -0.201 e. The number of aromatic nitrogens is 5. The fourth-order valence-corrected chi connectivity index (χ4v) is 19.7. The summed E-state index contributed by atoms with van der Waals surface area (Å²) in [6.07, 6.45) is 20.1. The molecular formula is C127H144N5+5. The van der Waals surface area contributed by atoms with Gasteiger partial charge < -0.3 is 0 Å². The summed E-state index contributed by atoms with van der Waals surface area (Å²) in [5, 5.41) is 0. The van der Waals surface area contributed by atoms with Gasteiger partial charge in [0.05, 0.1) is 0 Å². The Labute approximate surface area is 793 Å². The van der Waals surface area contributed by atoms with Crippen LogP contribution < -0.4 is 22.8 Å². The van der Waals surface area contributed by atoms with Crippen molar-refractivity contribution in [3.05, 3.63) is 411 Å². The molecule has 11 aromatic carbocycles. The van der Waals surface area contributed by atoms with Crippen LogP contribution in [-0.2, 0) is 48.1 Å². The average molecular weight is 1740 g/mol. The van der Waals surface area contributed by atoms with Crippen LogP contribution in [0, 0.1) is 93.9 Å². The van der Waals surface area contributed by atoms with E-state index in [9.17, 15) is 0 Å². The first kappa shape index (κ1) is 96.7. The molecule has 1 fully saturated rings. The molecule has 5 heteroatoms. The van der Waals surface area contributed by atoms with Gasteiger partial charge in [0.25, 0.3) is 0 Å². The van der Waals surface area contributed by atoms with Crippen LogP contribution in [0.25, 0.3) is 123 Å². The Bertz CT molecular complexity index is 6750. The van der Waals surface area contributed by atoms with Gasteiger partial charge in [0.1, 0.15) is 35.2 Å². The highest BCUT2D eigenvalue weighted by Gasteiger charge is 2.27. The largest absolute Gasteiger partial charge is 0.213 e. The first-order valence-corrected chi connectivity index (χ1v) is 48.0. The second-order valence-corrected chi connectivity index (χ2v) is 40.1. The number of rotatable bonds is 15. The molecule has 0 saturated heterocycles. The van der Waals surface area contributed by atoms with Gasteiger partial charge in [0.15, 0.2) is 31.0 Å². The summed E-state index contributed by atoms with van der Waals surface area (Å²) in [6.45, 7) is 44.9. The monoisotopic (exact) mass is 1740 g/mol. The molecule has 1 saturated carbocycles. The summed E-state index contributed by atoms with van der Waals surface area (Å²) in [5.41, 5.74) is 51.0. The standard InChI is InChI=1S/C26H30N.C26H24N.C26H32N.C25H30N.C24H28N/c2*1-19-10-7-8-13-23(19)24-14-9-15-25(20(24)2)26-18-22(16-17-27(26)3)21-11-5-4-6-12-21;1-18-11-8-9-12-22(18)23-13-10-14-24(20(23)3)25-15-21(16-26(4,5)6)19(2)17-27(25)7;1-18-10-7-8-11-21(18)22-12-9-13-23(19(22)2)24-16-20(14-15-26(24)6)17-25(3,4)5;1-16(2)23-14-24(25(6)15-18(23)4)22-13-9-12-21(19(22)5)20-11-8-7-10-17(20)3/h7-10,13-18,21H,4-6,11-12H2,1-3H3;4-18H,1-3H3;8-15,17H,16H2,1-7H3;7-16H,17H2,1-6H3;7-16H,1-6H3/q5*+1. The minimum absolute atomic E-state index is 0.278. The van der Waals surface area contributed by atoms with Crippen LogP contribution in [0.3, 0.4) is 0 Å². The van der Waals surface area contributed by atoms with E-state index in [0.29, 0.717) is 5.92 Å². The van der Waals surface area contributed by atoms with Crippen LogP contribution >= 0.6 is 0 Å². The predicted octanol–water partition coefficient (Wildman–Crippen LogP) is 30.9. The lowest BCUT2D eigenvalue weighted by Gasteiger charge is -2.22. The molecule has 16 aromatic rings. The van der Waals surface area contributed by atoms with E-state index in [4.69, 9.17) is 0 Å². The zero-order valence-electron chi connectivity index (χ0n) is 83.9. The fraction of sp³-hybridized carbons (Fsp3) is 0.283. The van der Waals surface area contributed by atoms with Crippen molar-refractivity contribution in [3.63, 3.8) is 0 Å². The summed E-state index contributed by atoms with van der Waals surface area (Å²) < 4.78 is 11.2. The molecule has 132 heavy (non-hydrogen) atoms. The highest BCUT2D eigenvalue weighted by molar-refractivity contribution is 5.84. The Kier molecular flexibility index (Phi) is 31.5. The number of aryl methyl sites for hydroxylation is 12. The van der Waals surface area contributed by atoms with E-state index in [0.717, 1.165) is 18.8 Å². The Morgan fingerprint density at radius 2 is 0.561 bits per heavy atom. The van der Waals surface area contributed by atoms with E-state index in [2.05, 4.69) is 519 Å². The Balaban J connectivity index is 0.000000140. The molecule has 0 amide bonds. The molecule has 5 nitrogen and oxygen atoms in total. The lowest BCUT2D eigenvalue weighted by molar-refractivity contribution is -0.660. The Morgan fingerprint density at radius 1 is 0.258 bits per heavy atom. The molecule has 0 N–H and O–H groups in total. The van der Waals surface area contributed by atoms with Crippen molar-refractivity contribution in [3.8, 4) is 123 Å². The molecule has 0 aliphatic heterocycles. The van der Waals surface area contributed by atoms with Gasteiger partial charge in [0, 0.05) is 87.5 Å². The number of benzene rings is 11. The number of pyridine rings is 5. The Hall–Kier alpha value is -12.8. The second kappa shape index (κ2) is 43.0. The van der Waals surface area contributed by atoms with Crippen molar-refractivity contribution < 1.29 is 22.8 Å². The lowest BCUT2D eigenvalue weighted by atomic mass is 9.83. The van der Waals surface area contributed by atoms with E-state index < -0.39 is 0 Å². The van der Waals surface area contributed by atoms with Gasteiger partial charge in [-0.05, 0) is 306 Å². The second-order valence-electron chi connectivity index (χ2n) is 40.1. The molecule has 0 radical (unpaired) electrons. The van der Waals surface area contributed by atoms with Crippen LogP contribution in [0.1, 0.15) is 188 Å². The molecular weight excluding hydrogens is 1600 g/mol. The molecule has 5 heterocycles. The van der Waals surface area contributed by atoms with Crippen molar-refractivity contribution in [1.82, 2.24) is 0 Å². The van der Waals surface area contributed by atoms with E-state index in [1.54, 1.807) is 0 Å². The van der Waals surface area contributed by atoms with Crippen molar-refractivity contribution in [2.45, 2.75) is 195 Å². The van der Waals surface area contributed by atoms with Crippen LogP contribution in [0.15, 0.2) is 322 Å². The maximum absolute atomic E-state index is 2.44. The molecule has 0 bridgehead atoms. The first-order valence-electron chi connectivity index (χ1n) is 48.0. The van der Waals surface area contributed by atoms with E-state index >= 15 is 0 Å². The molecule has 672 valence electrons. The zero-order valence-corrected chi connectivity index (χ0v) is 83.9. The first-order chi connectivity index (χ1) is 63.1. The van der Waals surface area contributed by atoms with Gasteiger partial charge in [-0.25, -0.2) is 22.8 Å². The van der Waals surface area contributed by atoms with Gasteiger partial charge in [0.2, 0.25) is 28.5 Å². The van der Waals surface area contributed by atoms with Crippen molar-refractivity contribution >= 4 is 0 Å². The lowest BCUT2D eigenvalue weighted by Crippen LogP contribution is -2.32. The van der Waals surface area contributed by atoms with E-state index in [1.807, 2.05) is 0 Å². The zero-order chi connectivity index (χ0) is 94.4. The van der Waals surface area contributed by atoms with Crippen LogP contribution in [0.5, 0.6) is 0 Å². The third-order valence-electron chi connectivity index (χ3n) is 27.1. The summed E-state index contributed by atoms with van der Waals surface area (Å²) >= 11 is 0. The van der Waals surface area contributed by atoms with Crippen LogP contribution in [0.4, 0.5) is 0 Å². The van der Waals surface area contributed by atoms with Crippen LogP contribution in [-0.4, -0.2) is 0 Å². The normalized spacial score (nSPS) is 12.1. The van der Waals surface area contributed by atoms with Crippen LogP contribution in [0.2, 0.25) is 0 Å². The van der Waals surface area contributed by atoms with Gasteiger partial charge in [-0.15, -0.1) is 0 Å². The van der Waals surface area contributed by atoms with Crippen molar-refractivity contribution in [2.24, 2.45) is 46.1 Å². The smallest absolute Gasteiger partial charge is 0.201 e. The average Bonchev–Trinajstić information content (AvgIpc) is 0.781. The minimum atomic E-state index is 0.278. The summed E-state index contributed by atoms with van der Waals surface area (Å²) in [4.78, 5) is 0. The highest BCUT2D eigenvalue weighted by Crippen LogP contribution is 2.42. The molecule has 0 spiro atoms. The van der Waals surface area contributed by atoms with Gasteiger partial charge in [-0.2, -0.15) is 0 Å². The maximum Gasteiger partial charge on any atom is 0.213 e. The molecule has 5 aromatic heterocycles.